The minimum atomic E-state index is -0.0180. The van der Waals surface area contributed by atoms with Gasteiger partial charge in [-0.15, -0.1) is 5.10 Å². The first kappa shape index (κ1) is 8.65. The molecule has 0 amide bonds. The maximum Gasteiger partial charge on any atom is 0.0796 e. The number of ether oxygens (including phenoxy) is 1. The smallest absolute Gasteiger partial charge is 0.0796 e. The molecule has 1 fully saturated rings. The number of aromatic nitrogens is 3. The van der Waals surface area contributed by atoms with Crippen molar-refractivity contribution < 1.29 is 4.74 Å². The van der Waals surface area contributed by atoms with Gasteiger partial charge in [0.1, 0.15) is 0 Å². The van der Waals surface area contributed by atoms with E-state index in [2.05, 4.69) is 10.3 Å². The summed E-state index contributed by atoms with van der Waals surface area (Å²) in [7, 11) is 0. The molecule has 1 unspecified atom stereocenters. The van der Waals surface area contributed by atoms with Crippen LogP contribution >= 0.6 is 0 Å². The zero-order valence-electron chi connectivity index (χ0n) is 7.68. The normalized spacial score (nSPS) is 24.9. The van der Waals surface area contributed by atoms with Crippen molar-refractivity contribution >= 4 is 0 Å². The van der Waals surface area contributed by atoms with E-state index in [-0.39, 0.29) is 6.04 Å². The summed E-state index contributed by atoms with van der Waals surface area (Å²) >= 11 is 0. The molecule has 5 heteroatoms. The summed E-state index contributed by atoms with van der Waals surface area (Å²) in [6.07, 6.45) is 2.73. The number of nitrogens with two attached hydrogens (primary N) is 1. The number of hydrogen-bond donors (Lipinski definition) is 1. The number of hydrogen-bond acceptors (Lipinski definition) is 4. The molecule has 1 aromatic heterocycles. The van der Waals surface area contributed by atoms with Crippen molar-refractivity contribution in [3.05, 3.63) is 11.9 Å². The van der Waals surface area contributed by atoms with Crippen LogP contribution in [0.4, 0.5) is 0 Å². The predicted molar refractivity (Wildman–Crippen MR) is 47.1 cm³/mol. The van der Waals surface area contributed by atoms with Crippen molar-refractivity contribution in [2.75, 3.05) is 13.2 Å². The van der Waals surface area contributed by atoms with Crippen LogP contribution in [0.1, 0.15) is 31.1 Å². The lowest BCUT2D eigenvalue weighted by Crippen LogP contribution is -2.18. The molecule has 1 aliphatic rings. The molecule has 0 saturated carbocycles. The first-order chi connectivity index (χ1) is 6.29. The highest BCUT2D eigenvalue weighted by atomic mass is 16.5. The molecule has 5 nitrogen and oxygen atoms in total. The van der Waals surface area contributed by atoms with Gasteiger partial charge in [-0.25, -0.2) is 4.68 Å². The van der Waals surface area contributed by atoms with Gasteiger partial charge in [-0.05, 0) is 13.3 Å². The van der Waals surface area contributed by atoms with E-state index in [4.69, 9.17) is 10.5 Å². The van der Waals surface area contributed by atoms with Crippen LogP contribution < -0.4 is 5.73 Å². The average molecular weight is 182 g/mol. The molecule has 72 valence electrons. The predicted octanol–water partition coefficient (Wildman–Crippen LogP) is 0.259. The second-order valence-electron chi connectivity index (χ2n) is 3.41. The Bertz CT molecular complexity index is 277. The molecule has 1 aromatic rings. The van der Waals surface area contributed by atoms with E-state index in [1.165, 1.54) is 0 Å². The van der Waals surface area contributed by atoms with Crippen molar-refractivity contribution in [3.63, 3.8) is 0 Å². The molecule has 1 saturated heterocycles. The zero-order chi connectivity index (χ0) is 9.26. The quantitative estimate of drug-likeness (QED) is 0.712. The summed E-state index contributed by atoms with van der Waals surface area (Å²) in [5.41, 5.74) is 6.77. The maximum absolute atomic E-state index is 5.78. The van der Waals surface area contributed by atoms with Crippen molar-refractivity contribution in [2.24, 2.45) is 5.73 Å². The third kappa shape index (κ3) is 1.57. The van der Waals surface area contributed by atoms with Crippen molar-refractivity contribution in [1.29, 1.82) is 0 Å². The van der Waals surface area contributed by atoms with Gasteiger partial charge in [0, 0.05) is 12.6 Å². The largest absolute Gasteiger partial charge is 0.379 e. The van der Waals surface area contributed by atoms with Gasteiger partial charge in [0.2, 0.25) is 0 Å². The third-order valence-corrected chi connectivity index (χ3v) is 2.32. The molecular formula is C8H14N4O. The van der Waals surface area contributed by atoms with Gasteiger partial charge in [0.25, 0.3) is 0 Å². The van der Waals surface area contributed by atoms with Gasteiger partial charge in [0.15, 0.2) is 0 Å². The lowest BCUT2D eigenvalue weighted by molar-refractivity contribution is 0.183. The molecule has 0 spiro atoms. The van der Waals surface area contributed by atoms with Crippen molar-refractivity contribution in [2.45, 2.75) is 25.4 Å². The SMILES string of the molecule is C[C@H](N)c1cnnn1C1CCOC1. The standard InChI is InChI=1S/C8H14N4O/c1-6(9)8-4-10-11-12(8)7-2-3-13-5-7/h4,6-7H,2-3,5,9H2,1H3/t6-,7?/m0/s1. The first-order valence-electron chi connectivity index (χ1n) is 4.52. The van der Waals surface area contributed by atoms with Crippen LogP contribution in [-0.4, -0.2) is 28.2 Å². The van der Waals surface area contributed by atoms with Crippen LogP contribution in [0.3, 0.4) is 0 Å². The van der Waals surface area contributed by atoms with Gasteiger partial charge in [-0.3, -0.25) is 0 Å². The number of nitrogens with zero attached hydrogens (tertiary/aromatic N) is 3. The highest BCUT2D eigenvalue weighted by Crippen LogP contribution is 2.21. The minimum absolute atomic E-state index is 0.0180. The van der Waals surface area contributed by atoms with Crippen LogP contribution in [-0.2, 0) is 4.74 Å². The summed E-state index contributed by atoms with van der Waals surface area (Å²) in [6, 6.07) is 0.305. The van der Waals surface area contributed by atoms with Gasteiger partial charge < -0.3 is 10.5 Å². The van der Waals surface area contributed by atoms with Crippen molar-refractivity contribution in [1.82, 2.24) is 15.0 Å². The van der Waals surface area contributed by atoms with Crippen LogP contribution in [0.25, 0.3) is 0 Å². The van der Waals surface area contributed by atoms with Gasteiger partial charge in [-0.2, -0.15) is 0 Å². The molecule has 0 aromatic carbocycles. The summed E-state index contributed by atoms with van der Waals surface area (Å²) in [6.45, 7) is 3.47. The Kier molecular flexibility index (Phi) is 2.28. The Morgan fingerprint density at radius 3 is 3.23 bits per heavy atom. The van der Waals surface area contributed by atoms with Crippen molar-refractivity contribution in [3.8, 4) is 0 Å². The first-order valence-corrected chi connectivity index (χ1v) is 4.52. The van der Waals surface area contributed by atoms with Gasteiger partial charge in [-0.1, -0.05) is 5.21 Å². The summed E-state index contributed by atoms with van der Waals surface area (Å²) in [5.74, 6) is 0. The Morgan fingerprint density at radius 1 is 1.77 bits per heavy atom. The highest BCUT2D eigenvalue weighted by Gasteiger charge is 2.21. The molecule has 2 rings (SSSR count). The van der Waals surface area contributed by atoms with E-state index in [1.54, 1.807) is 6.20 Å². The van der Waals surface area contributed by atoms with Crippen LogP contribution in [0, 0.1) is 0 Å². The van der Waals surface area contributed by atoms with Crippen LogP contribution in [0.2, 0.25) is 0 Å². The lowest BCUT2D eigenvalue weighted by Gasteiger charge is -2.13. The molecule has 2 heterocycles. The lowest BCUT2D eigenvalue weighted by atomic mass is 10.2. The third-order valence-electron chi connectivity index (χ3n) is 2.32. The molecule has 0 radical (unpaired) electrons. The zero-order valence-corrected chi connectivity index (χ0v) is 7.68. The van der Waals surface area contributed by atoms with Gasteiger partial charge >= 0.3 is 0 Å². The molecule has 1 aliphatic heterocycles. The van der Waals surface area contributed by atoms with E-state index in [1.807, 2.05) is 11.6 Å². The second-order valence-corrected chi connectivity index (χ2v) is 3.41. The number of rotatable bonds is 2. The highest BCUT2D eigenvalue weighted by molar-refractivity contribution is 5.01. The fourth-order valence-corrected chi connectivity index (χ4v) is 1.58. The second kappa shape index (κ2) is 3.43. The molecular weight excluding hydrogens is 168 g/mol. The molecule has 0 aliphatic carbocycles. The summed E-state index contributed by atoms with van der Waals surface area (Å²) in [5, 5.41) is 7.89. The van der Waals surface area contributed by atoms with E-state index >= 15 is 0 Å². The van der Waals surface area contributed by atoms with E-state index in [0.717, 1.165) is 25.3 Å². The Morgan fingerprint density at radius 2 is 2.62 bits per heavy atom. The average Bonchev–Trinajstić information content (AvgIpc) is 2.74. The van der Waals surface area contributed by atoms with E-state index in [0.29, 0.717) is 6.04 Å². The monoisotopic (exact) mass is 182 g/mol. The topological polar surface area (TPSA) is 66.0 Å². The summed E-state index contributed by atoms with van der Waals surface area (Å²) < 4.78 is 7.17. The van der Waals surface area contributed by atoms with Crippen LogP contribution in [0.15, 0.2) is 6.20 Å². The minimum Gasteiger partial charge on any atom is -0.379 e. The van der Waals surface area contributed by atoms with Gasteiger partial charge in [0.05, 0.1) is 24.5 Å². The fourth-order valence-electron chi connectivity index (χ4n) is 1.58. The molecule has 2 atom stereocenters. The fraction of sp³-hybridized carbons (Fsp3) is 0.750. The van der Waals surface area contributed by atoms with Crippen LogP contribution in [0.5, 0.6) is 0 Å². The molecule has 0 bridgehead atoms. The Hall–Kier alpha value is -0.940. The Labute approximate surface area is 76.9 Å². The molecule has 2 N–H and O–H groups in total. The Balaban J connectivity index is 2.23. The van der Waals surface area contributed by atoms with E-state index < -0.39 is 0 Å². The summed E-state index contributed by atoms with van der Waals surface area (Å²) in [4.78, 5) is 0. The van der Waals surface area contributed by atoms with E-state index in [9.17, 15) is 0 Å². The molecule has 13 heavy (non-hydrogen) atoms. The maximum atomic E-state index is 5.78.